The number of aromatic nitrogens is 2. The summed E-state index contributed by atoms with van der Waals surface area (Å²) in [6, 6.07) is 18.7. The van der Waals surface area contributed by atoms with E-state index >= 15 is 0 Å². The predicted molar refractivity (Wildman–Crippen MR) is 117 cm³/mol. The van der Waals surface area contributed by atoms with Crippen molar-refractivity contribution >= 4 is 17.5 Å². The number of nitrogens with one attached hydrogen (secondary N) is 1. The zero-order chi connectivity index (χ0) is 21.8. The highest BCUT2D eigenvalue weighted by molar-refractivity contribution is 5.97. The largest absolute Gasteiger partial charge is 0.487 e. The molecular formula is C24H22N4O3. The molecule has 0 fully saturated rings. The number of imidazole rings is 1. The lowest BCUT2D eigenvalue weighted by Gasteiger charge is -2.16. The summed E-state index contributed by atoms with van der Waals surface area (Å²) >= 11 is 0. The molecule has 7 heteroatoms. The molecule has 0 spiro atoms. The molecule has 1 unspecified atom stereocenters. The number of carbonyl (C=O) groups excluding carboxylic acids is 2. The summed E-state index contributed by atoms with van der Waals surface area (Å²) in [5.41, 5.74) is 9.22. The fraction of sp³-hybridized carbons (Fsp3) is 0.125. The zero-order valence-electron chi connectivity index (χ0n) is 17.0. The van der Waals surface area contributed by atoms with Crippen LogP contribution in [0.1, 0.15) is 33.2 Å². The Hall–Kier alpha value is -4.13. The van der Waals surface area contributed by atoms with E-state index in [1.54, 1.807) is 48.5 Å². The zero-order valence-corrected chi connectivity index (χ0v) is 17.0. The summed E-state index contributed by atoms with van der Waals surface area (Å²) in [5, 5.41) is 2.69. The number of ether oxygens (including phenoxy) is 1. The lowest BCUT2D eigenvalue weighted by atomic mass is 10.1. The lowest BCUT2D eigenvalue weighted by molar-refractivity contribution is -0.120. The van der Waals surface area contributed by atoms with Crippen molar-refractivity contribution in [2.24, 2.45) is 5.73 Å². The van der Waals surface area contributed by atoms with Crippen LogP contribution in [-0.4, -0.2) is 21.2 Å². The van der Waals surface area contributed by atoms with Crippen molar-refractivity contribution in [3.63, 3.8) is 0 Å². The molecule has 31 heavy (non-hydrogen) atoms. The predicted octanol–water partition coefficient (Wildman–Crippen LogP) is 3.18. The maximum Gasteiger partial charge on any atom is 0.252 e. The molecule has 2 heterocycles. The summed E-state index contributed by atoms with van der Waals surface area (Å²) < 4.78 is 7.79. The smallest absolute Gasteiger partial charge is 0.252 e. The molecule has 4 aromatic rings. The van der Waals surface area contributed by atoms with Crippen LogP contribution in [-0.2, 0) is 11.4 Å². The highest BCUT2D eigenvalue weighted by Crippen LogP contribution is 2.18. The average Bonchev–Trinajstić information content (AvgIpc) is 3.21. The number of fused-ring (bicyclic) bond motifs is 1. The van der Waals surface area contributed by atoms with Gasteiger partial charge in [0.1, 0.15) is 24.0 Å². The second-order valence-electron chi connectivity index (χ2n) is 7.19. The number of primary amides is 1. The third-order valence-electron chi connectivity index (χ3n) is 4.90. The van der Waals surface area contributed by atoms with Crippen LogP contribution in [0.2, 0.25) is 0 Å². The van der Waals surface area contributed by atoms with E-state index in [0.29, 0.717) is 16.9 Å². The number of nitrogens with two attached hydrogens (primary N) is 1. The Bertz CT molecular complexity index is 1230. The van der Waals surface area contributed by atoms with Gasteiger partial charge in [-0.15, -0.1) is 0 Å². The Kier molecular flexibility index (Phi) is 5.66. The van der Waals surface area contributed by atoms with Gasteiger partial charge < -0.3 is 20.2 Å². The normalized spacial score (nSPS) is 11.8. The van der Waals surface area contributed by atoms with Gasteiger partial charge in [0.15, 0.2) is 0 Å². The molecule has 0 aliphatic heterocycles. The number of hydrogen-bond acceptors (Lipinski definition) is 4. The summed E-state index contributed by atoms with van der Waals surface area (Å²) in [5.74, 6) is -0.521. The average molecular weight is 414 g/mol. The summed E-state index contributed by atoms with van der Waals surface area (Å²) in [6.45, 7) is 2.27. The molecule has 3 N–H and O–H groups in total. The van der Waals surface area contributed by atoms with E-state index in [2.05, 4.69) is 10.3 Å². The molecule has 2 amide bonds. The Labute approximate surface area is 179 Å². The van der Waals surface area contributed by atoms with E-state index in [1.807, 2.05) is 41.9 Å². The van der Waals surface area contributed by atoms with Crippen molar-refractivity contribution in [3.8, 4) is 5.75 Å². The van der Waals surface area contributed by atoms with Gasteiger partial charge in [-0.05, 0) is 42.3 Å². The standard InChI is InChI=1S/C24H22N4O3/c1-16-7-6-12-28-14-19(26-23(16)28)15-31-20-11-5-10-18(13-20)24(30)27-21(22(25)29)17-8-3-2-4-9-17/h2-14,21H,15H2,1H3,(H2,25,29)(H,27,30). The minimum Gasteiger partial charge on any atom is -0.487 e. The number of nitrogens with zero attached hydrogens (tertiary/aromatic N) is 2. The lowest BCUT2D eigenvalue weighted by Crippen LogP contribution is -2.37. The molecule has 156 valence electrons. The van der Waals surface area contributed by atoms with Gasteiger partial charge in [-0.1, -0.05) is 42.5 Å². The molecule has 4 rings (SSSR count). The molecule has 0 aliphatic rings. The topological polar surface area (TPSA) is 98.7 Å². The molecule has 0 radical (unpaired) electrons. The fourth-order valence-corrected chi connectivity index (χ4v) is 3.34. The first-order valence-corrected chi connectivity index (χ1v) is 9.82. The minimum atomic E-state index is -0.917. The van der Waals surface area contributed by atoms with Crippen LogP contribution in [0, 0.1) is 6.92 Å². The second kappa shape index (κ2) is 8.71. The maximum atomic E-state index is 12.7. The Morgan fingerprint density at radius 2 is 1.90 bits per heavy atom. The van der Waals surface area contributed by atoms with Gasteiger partial charge in [-0.25, -0.2) is 4.98 Å². The van der Waals surface area contributed by atoms with Crippen molar-refractivity contribution in [1.29, 1.82) is 0 Å². The Morgan fingerprint density at radius 3 is 2.65 bits per heavy atom. The molecule has 2 aromatic carbocycles. The van der Waals surface area contributed by atoms with Crippen molar-refractivity contribution in [2.75, 3.05) is 0 Å². The van der Waals surface area contributed by atoms with E-state index in [9.17, 15) is 9.59 Å². The fourth-order valence-electron chi connectivity index (χ4n) is 3.34. The first-order valence-electron chi connectivity index (χ1n) is 9.82. The SMILES string of the molecule is Cc1cccn2cc(COc3cccc(C(=O)NC(C(N)=O)c4ccccc4)c3)nc12. The third kappa shape index (κ3) is 4.56. The van der Waals surface area contributed by atoms with Crippen LogP contribution in [0.3, 0.4) is 0 Å². The van der Waals surface area contributed by atoms with E-state index < -0.39 is 17.9 Å². The van der Waals surface area contributed by atoms with E-state index in [-0.39, 0.29) is 6.61 Å². The van der Waals surface area contributed by atoms with Crippen LogP contribution >= 0.6 is 0 Å². The van der Waals surface area contributed by atoms with Crippen molar-refractivity contribution in [3.05, 3.63) is 102 Å². The summed E-state index contributed by atoms with van der Waals surface area (Å²) in [7, 11) is 0. The highest BCUT2D eigenvalue weighted by Gasteiger charge is 2.21. The summed E-state index contributed by atoms with van der Waals surface area (Å²) in [4.78, 5) is 29.2. The van der Waals surface area contributed by atoms with Gasteiger partial charge in [-0.2, -0.15) is 0 Å². The van der Waals surface area contributed by atoms with E-state index in [4.69, 9.17) is 10.5 Å². The van der Waals surface area contributed by atoms with Gasteiger partial charge in [0.25, 0.3) is 5.91 Å². The molecule has 1 atom stereocenters. The van der Waals surface area contributed by atoms with Crippen LogP contribution in [0.25, 0.3) is 5.65 Å². The van der Waals surface area contributed by atoms with Crippen molar-refractivity contribution in [2.45, 2.75) is 19.6 Å². The van der Waals surface area contributed by atoms with Gasteiger partial charge in [-0.3, -0.25) is 9.59 Å². The van der Waals surface area contributed by atoms with E-state index in [0.717, 1.165) is 16.9 Å². The number of pyridine rings is 1. The molecule has 2 aromatic heterocycles. The Balaban J connectivity index is 1.46. The molecular weight excluding hydrogens is 392 g/mol. The third-order valence-corrected chi connectivity index (χ3v) is 4.90. The minimum absolute atomic E-state index is 0.264. The molecule has 7 nitrogen and oxygen atoms in total. The van der Waals surface area contributed by atoms with Crippen LogP contribution in [0.4, 0.5) is 0 Å². The monoisotopic (exact) mass is 414 g/mol. The molecule has 0 saturated carbocycles. The number of benzene rings is 2. The van der Waals surface area contributed by atoms with Crippen LogP contribution < -0.4 is 15.8 Å². The maximum absolute atomic E-state index is 12.7. The number of carbonyl (C=O) groups is 2. The van der Waals surface area contributed by atoms with E-state index in [1.165, 1.54) is 0 Å². The molecule has 0 saturated heterocycles. The van der Waals surface area contributed by atoms with Gasteiger partial charge in [0.2, 0.25) is 5.91 Å². The summed E-state index contributed by atoms with van der Waals surface area (Å²) in [6.07, 6.45) is 3.85. The van der Waals surface area contributed by atoms with Crippen molar-refractivity contribution in [1.82, 2.24) is 14.7 Å². The first-order chi connectivity index (χ1) is 15.0. The Morgan fingerprint density at radius 1 is 1.10 bits per heavy atom. The highest BCUT2D eigenvalue weighted by atomic mass is 16.5. The number of amides is 2. The van der Waals surface area contributed by atoms with Gasteiger partial charge >= 0.3 is 0 Å². The van der Waals surface area contributed by atoms with Gasteiger partial charge in [0.05, 0.1) is 5.69 Å². The number of rotatable bonds is 7. The van der Waals surface area contributed by atoms with Crippen LogP contribution in [0.5, 0.6) is 5.75 Å². The van der Waals surface area contributed by atoms with Gasteiger partial charge in [0, 0.05) is 18.0 Å². The van der Waals surface area contributed by atoms with Crippen LogP contribution in [0.15, 0.2) is 79.1 Å². The quantitative estimate of drug-likeness (QED) is 0.485. The molecule has 0 bridgehead atoms. The second-order valence-corrected chi connectivity index (χ2v) is 7.19. The molecule has 0 aliphatic carbocycles. The number of aryl methyl sites for hydroxylation is 1. The van der Waals surface area contributed by atoms with Crippen molar-refractivity contribution < 1.29 is 14.3 Å². The first kappa shape index (κ1) is 20.2. The number of hydrogen-bond donors (Lipinski definition) is 2.